The summed E-state index contributed by atoms with van der Waals surface area (Å²) in [6.45, 7) is 5.75. The van der Waals surface area contributed by atoms with Gasteiger partial charge >= 0.3 is 0 Å². The Labute approximate surface area is 115 Å². The SMILES string of the molecule is CC(C)N1C[C@@H](c2ccccc2)[C@@H]1c1ccccc1. The lowest BCUT2D eigenvalue weighted by atomic mass is 9.78. The number of likely N-dealkylation sites (tertiary alicyclic amines) is 1. The molecule has 2 aromatic carbocycles. The van der Waals surface area contributed by atoms with Crippen molar-refractivity contribution in [3.8, 4) is 0 Å². The number of benzene rings is 2. The first kappa shape index (κ1) is 12.4. The van der Waals surface area contributed by atoms with Crippen molar-refractivity contribution in [2.45, 2.75) is 31.8 Å². The molecule has 19 heavy (non-hydrogen) atoms. The van der Waals surface area contributed by atoms with Crippen LogP contribution in [0.25, 0.3) is 0 Å². The first-order chi connectivity index (χ1) is 9.27. The summed E-state index contributed by atoms with van der Waals surface area (Å²) in [7, 11) is 0. The van der Waals surface area contributed by atoms with Crippen molar-refractivity contribution in [2.75, 3.05) is 6.54 Å². The van der Waals surface area contributed by atoms with Gasteiger partial charge in [-0.2, -0.15) is 0 Å². The zero-order valence-electron chi connectivity index (χ0n) is 11.7. The summed E-state index contributed by atoms with van der Waals surface area (Å²) in [5, 5.41) is 0. The van der Waals surface area contributed by atoms with Gasteiger partial charge in [-0.05, 0) is 25.0 Å². The summed E-state index contributed by atoms with van der Waals surface area (Å²) in [4.78, 5) is 2.59. The van der Waals surface area contributed by atoms with Crippen molar-refractivity contribution in [1.29, 1.82) is 0 Å². The van der Waals surface area contributed by atoms with Gasteiger partial charge in [-0.15, -0.1) is 0 Å². The predicted octanol–water partition coefficient (Wildman–Crippen LogP) is 4.24. The Hall–Kier alpha value is -1.60. The lowest BCUT2D eigenvalue weighted by Gasteiger charge is -2.51. The van der Waals surface area contributed by atoms with Crippen molar-refractivity contribution in [3.63, 3.8) is 0 Å². The standard InChI is InChI=1S/C18H21N/c1-14(2)19-13-17(15-9-5-3-6-10-15)18(19)16-11-7-4-8-12-16/h3-12,14,17-18H,13H2,1-2H3/t17-,18-/m0/s1. The molecule has 3 rings (SSSR count). The van der Waals surface area contributed by atoms with Crippen LogP contribution in [0.1, 0.15) is 36.9 Å². The number of hydrogen-bond acceptors (Lipinski definition) is 1. The molecule has 1 aliphatic rings. The first-order valence-electron chi connectivity index (χ1n) is 7.13. The van der Waals surface area contributed by atoms with Gasteiger partial charge in [0, 0.05) is 24.5 Å². The monoisotopic (exact) mass is 251 g/mol. The van der Waals surface area contributed by atoms with E-state index in [2.05, 4.69) is 79.4 Å². The van der Waals surface area contributed by atoms with Crippen LogP contribution in [0.15, 0.2) is 60.7 Å². The highest BCUT2D eigenvalue weighted by Crippen LogP contribution is 2.46. The van der Waals surface area contributed by atoms with E-state index in [1.165, 1.54) is 17.7 Å². The van der Waals surface area contributed by atoms with Crippen molar-refractivity contribution in [1.82, 2.24) is 4.90 Å². The molecule has 0 saturated carbocycles. The Bertz CT molecular complexity index is 518. The van der Waals surface area contributed by atoms with Crippen LogP contribution in [-0.2, 0) is 0 Å². The molecule has 0 aliphatic carbocycles. The molecule has 2 aromatic rings. The maximum atomic E-state index is 2.59. The van der Waals surface area contributed by atoms with E-state index in [1.807, 2.05) is 0 Å². The second-order valence-corrected chi connectivity index (χ2v) is 5.66. The summed E-state index contributed by atoms with van der Waals surface area (Å²) in [5.41, 5.74) is 2.91. The van der Waals surface area contributed by atoms with Crippen LogP contribution >= 0.6 is 0 Å². The molecule has 1 heterocycles. The summed E-state index contributed by atoms with van der Waals surface area (Å²) in [6, 6.07) is 23.0. The minimum atomic E-state index is 0.531. The van der Waals surface area contributed by atoms with Gasteiger partial charge in [0.05, 0.1) is 0 Å². The maximum Gasteiger partial charge on any atom is 0.0431 e. The fourth-order valence-corrected chi connectivity index (χ4v) is 3.13. The van der Waals surface area contributed by atoms with E-state index in [0.717, 1.165) is 0 Å². The molecule has 1 nitrogen and oxygen atoms in total. The van der Waals surface area contributed by atoms with Gasteiger partial charge in [0.15, 0.2) is 0 Å². The lowest BCUT2D eigenvalue weighted by molar-refractivity contribution is 0.0273. The minimum absolute atomic E-state index is 0.531. The van der Waals surface area contributed by atoms with E-state index < -0.39 is 0 Å². The Morgan fingerprint density at radius 1 is 0.842 bits per heavy atom. The molecule has 0 amide bonds. The molecule has 0 aromatic heterocycles. The predicted molar refractivity (Wildman–Crippen MR) is 80.2 cm³/mol. The molecule has 0 N–H and O–H groups in total. The number of nitrogens with zero attached hydrogens (tertiary/aromatic N) is 1. The summed E-state index contributed by atoms with van der Waals surface area (Å²) < 4.78 is 0. The van der Waals surface area contributed by atoms with Gasteiger partial charge in [-0.25, -0.2) is 0 Å². The van der Waals surface area contributed by atoms with Crippen LogP contribution in [0.5, 0.6) is 0 Å². The fourth-order valence-electron chi connectivity index (χ4n) is 3.13. The molecule has 0 bridgehead atoms. The average Bonchev–Trinajstić information content (AvgIpc) is 2.39. The van der Waals surface area contributed by atoms with Crippen LogP contribution in [-0.4, -0.2) is 17.5 Å². The Morgan fingerprint density at radius 3 is 1.89 bits per heavy atom. The van der Waals surface area contributed by atoms with E-state index in [0.29, 0.717) is 18.0 Å². The molecule has 2 atom stereocenters. The molecule has 1 aliphatic heterocycles. The van der Waals surface area contributed by atoms with Crippen molar-refractivity contribution in [3.05, 3.63) is 71.8 Å². The highest BCUT2D eigenvalue weighted by atomic mass is 15.2. The highest BCUT2D eigenvalue weighted by molar-refractivity contribution is 5.32. The first-order valence-corrected chi connectivity index (χ1v) is 7.13. The fraction of sp³-hybridized carbons (Fsp3) is 0.333. The Morgan fingerprint density at radius 2 is 1.37 bits per heavy atom. The van der Waals surface area contributed by atoms with E-state index >= 15 is 0 Å². The maximum absolute atomic E-state index is 2.59. The molecular weight excluding hydrogens is 230 g/mol. The molecular formula is C18H21N. The molecule has 0 unspecified atom stereocenters. The smallest absolute Gasteiger partial charge is 0.0431 e. The van der Waals surface area contributed by atoms with Crippen molar-refractivity contribution in [2.24, 2.45) is 0 Å². The van der Waals surface area contributed by atoms with Crippen LogP contribution in [0, 0.1) is 0 Å². The molecule has 1 saturated heterocycles. The zero-order chi connectivity index (χ0) is 13.2. The Balaban J connectivity index is 1.91. The zero-order valence-corrected chi connectivity index (χ0v) is 11.7. The second kappa shape index (κ2) is 5.18. The third-order valence-electron chi connectivity index (χ3n) is 4.18. The minimum Gasteiger partial charge on any atom is -0.293 e. The quantitative estimate of drug-likeness (QED) is 0.789. The van der Waals surface area contributed by atoms with Gasteiger partial charge in [-0.1, -0.05) is 60.7 Å². The molecule has 0 spiro atoms. The summed E-state index contributed by atoms with van der Waals surface area (Å²) in [5.74, 6) is 0.631. The van der Waals surface area contributed by atoms with Crippen molar-refractivity contribution >= 4 is 0 Å². The highest BCUT2D eigenvalue weighted by Gasteiger charge is 2.41. The topological polar surface area (TPSA) is 3.24 Å². The van der Waals surface area contributed by atoms with Gasteiger partial charge in [0.1, 0.15) is 0 Å². The van der Waals surface area contributed by atoms with E-state index in [9.17, 15) is 0 Å². The molecule has 0 radical (unpaired) electrons. The van der Waals surface area contributed by atoms with Gasteiger partial charge in [-0.3, -0.25) is 4.90 Å². The number of rotatable bonds is 3. The number of hydrogen-bond donors (Lipinski definition) is 0. The van der Waals surface area contributed by atoms with E-state index in [-0.39, 0.29) is 0 Å². The summed E-state index contributed by atoms with van der Waals surface area (Å²) in [6.07, 6.45) is 0. The normalized spacial score (nSPS) is 23.3. The van der Waals surface area contributed by atoms with Crippen LogP contribution in [0.2, 0.25) is 0 Å². The van der Waals surface area contributed by atoms with Gasteiger partial charge in [0.25, 0.3) is 0 Å². The van der Waals surface area contributed by atoms with E-state index in [1.54, 1.807) is 0 Å². The second-order valence-electron chi connectivity index (χ2n) is 5.66. The molecule has 1 fully saturated rings. The molecule has 1 heteroatoms. The van der Waals surface area contributed by atoms with Crippen LogP contribution in [0.3, 0.4) is 0 Å². The van der Waals surface area contributed by atoms with E-state index in [4.69, 9.17) is 0 Å². The van der Waals surface area contributed by atoms with Gasteiger partial charge < -0.3 is 0 Å². The third-order valence-corrected chi connectivity index (χ3v) is 4.18. The van der Waals surface area contributed by atoms with Gasteiger partial charge in [0.2, 0.25) is 0 Å². The average molecular weight is 251 g/mol. The lowest BCUT2D eigenvalue weighted by Crippen LogP contribution is -2.51. The molecule has 98 valence electrons. The van der Waals surface area contributed by atoms with Crippen LogP contribution < -0.4 is 0 Å². The largest absolute Gasteiger partial charge is 0.293 e. The Kier molecular flexibility index (Phi) is 3.39. The third kappa shape index (κ3) is 2.31. The van der Waals surface area contributed by atoms with Crippen molar-refractivity contribution < 1.29 is 0 Å². The van der Waals surface area contributed by atoms with Crippen LogP contribution in [0.4, 0.5) is 0 Å². The summed E-state index contributed by atoms with van der Waals surface area (Å²) >= 11 is 0.